The zero-order chi connectivity index (χ0) is 12.8. The summed E-state index contributed by atoms with van der Waals surface area (Å²) in [6.45, 7) is 4.64. The summed E-state index contributed by atoms with van der Waals surface area (Å²) in [4.78, 5) is 4.33. The van der Waals surface area contributed by atoms with Crippen LogP contribution in [0.5, 0.6) is 0 Å². The van der Waals surface area contributed by atoms with Gasteiger partial charge in [-0.05, 0) is 11.1 Å². The van der Waals surface area contributed by atoms with E-state index in [4.69, 9.17) is 5.73 Å². The van der Waals surface area contributed by atoms with E-state index in [1.54, 1.807) is 11.3 Å². The Labute approximate surface area is 112 Å². The van der Waals surface area contributed by atoms with Crippen LogP contribution in [0.4, 0.5) is 0 Å². The van der Waals surface area contributed by atoms with Gasteiger partial charge >= 0.3 is 0 Å². The highest BCUT2D eigenvalue weighted by Gasteiger charge is 2.06. The van der Waals surface area contributed by atoms with Gasteiger partial charge in [0.2, 0.25) is 0 Å². The van der Waals surface area contributed by atoms with Crippen LogP contribution in [0, 0.1) is 0 Å². The minimum Gasteiger partial charge on any atom is -0.326 e. The second-order valence-electron chi connectivity index (χ2n) is 4.42. The van der Waals surface area contributed by atoms with E-state index in [1.165, 1.54) is 16.1 Å². The highest BCUT2D eigenvalue weighted by Crippen LogP contribution is 2.16. The molecule has 2 aromatic rings. The maximum atomic E-state index is 5.57. The Morgan fingerprint density at radius 1 is 1.28 bits per heavy atom. The van der Waals surface area contributed by atoms with E-state index in [1.807, 2.05) is 11.6 Å². The van der Waals surface area contributed by atoms with Gasteiger partial charge in [-0.2, -0.15) is 0 Å². The van der Waals surface area contributed by atoms with Crippen molar-refractivity contribution in [2.24, 2.45) is 5.73 Å². The highest BCUT2D eigenvalue weighted by molar-refractivity contribution is 7.09. The van der Waals surface area contributed by atoms with Crippen LogP contribution in [0.1, 0.15) is 29.0 Å². The van der Waals surface area contributed by atoms with E-state index in [0.29, 0.717) is 12.5 Å². The Kier molecular flexibility index (Phi) is 4.87. The normalized spacial score (nSPS) is 12.6. The average Bonchev–Trinajstić information content (AvgIpc) is 2.93. The molecule has 0 aliphatic heterocycles. The predicted molar refractivity (Wildman–Crippen MR) is 76.6 cm³/mol. The first-order valence-corrected chi connectivity index (χ1v) is 7.05. The molecule has 2 rings (SSSR count). The number of nitrogens with one attached hydrogen (secondary N) is 1. The fourth-order valence-corrected chi connectivity index (χ4v) is 2.49. The summed E-state index contributed by atoms with van der Waals surface area (Å²) in [5, 5.41) is 6.68. The number of thiazole rings is 1. The Bertz CT molecular complexity index is 450. The summed E-state index contributed by atoms with van der Waals surface area (Å²) in [6.07, 6.45) is 1.86. The number of nitrogens with zero attached hydrogens (tertiary/aromatic N) is 1. The molecule has 3 nitrogen and oxygen atoms in total. The summed E-state index contributed by atoms with van der Waals surface area (Å²) in [7, 11) is 0. The number of hydrogen-bond donors (Lipinski definition) is 2. The van der Waals surface area contributed by atoms with Crippen molar-refractivity contribution in [1.82, 2.24) is 10.3 Å². The van der Waals surface area contributed by atoms with E-state index in [2.05, 4.69) is 41.5 Å². The molecule has 0 amide bonds. The molecule has 0 aliphatic carbocycles. The maximum absolute atomic E-state index is 5.57. The number of hydrogen-bond acceptors (Lipinski definition) is 4. The van der Waals surface area contributed by atoms with Gasteiger partial charge in [-0.25, -0.2) is 4.98 Å². The molecule has 1 unspecified atom stereocenters. The fraction of sp³-hybridized carbons (Fsp3) is 0.357. The average molecular weight is 261 g/mol. The van der Waals surface area contributed by atoms with E-state index in [-0.39, 0.29) is 0 Å². The smallest absolute Gasteiger partial charge is 0.0965 e. The minimum atomic E-state index is 0.466. The third-order valence-corrected chi connectivity index (χ3v) is 3.92. The van der Waals surface area contributed by atoms with Gasteiger partial charge in [-0.15, -0.1) is 11.3 Å². The maximum Gasteiger partial charge on any atom is 0.0965 e. The van der Waals surface area contributed by atoms with Gasteiger partial charge in [0, 0.05) is 37.1 Å². The first-order valence-electron chi connectivity index (χ1n) is 6.17. The molecule has 1 heterocycles. The number of benzene rings is 1. The van der Waals surface area contributed by atoms with E-state index in [9.17, 15) is 0 Å². The van der Waals surface area contributed by atoms with Crippen molar-refractivity contribution >= 4 is 11.3 Å². The van der Waals surface area contributed by atoms with Crippen LogP contribution in [0.25, 0.3) is 0 Å². The molecule has 18 heavy (non-hydrogen) atoms. The largest absolute Gasteiger partial charge is 0.326 e. The lowest BCUT2D eigenvalue weighted by Crippen LogP contribution is -2.19. The van der Waals surface area contributed by atoms with Crippen LogP contribution in [-0.2, 0) is 13.1 Å². The Morgan fingerprint density at radius 2 is 2.00 bits per heavy atom. The van der Waals surface area contributed by atoms with E-state index in [0.717, 1.165) is 13.1 Å². The molecular formula is C14H19N3S. The van der Waals surface area contributed by atoms with Crippen molar-refractivity contribution < 1.29 is 0 Å². The molecular weight excluding hydrogens is 242 g/mol. The SMILES string of the molecule is CC(CNCc1ccc(CN)cc1)c1nccs1. The molecule has 0 radical (unpaired) electrons. The number of aromatic nitrogens is 1. The molecule has 0 spiro atoms. The van der Waals surface area contributed by atoms with Crippen molar-refractivity contribution in [2.45, 2.75) is 25.9 Å². The second-order valence-corrected chi connectivity index (χ2v) is 5.35. The third kappa shape index (κ3) is 3.63. The van der Waals surface area contributed by atoms with Crippen LogP contribution in [-0.4, -0.2) is 11.5 Å². The van der Waals surface area contributed by atoms with Gasteiger partial charge in [-0.1, -0.05) is 31.2 Å². The first kappa shape index (κ1) is 13.2. The summed E-state index contributed by atoms with van der Waals surface area (Å²) < 4.78 is 0. The van der Waals surface area contributed by atoms with Gasteiger partial charge in [0.25, 0.3) is 0 Å². The van der Waals surface area contributed by atoms with Crippen molar-refractivity contribution in [1.29, 1.82) is 0 Å². The monoisotopic (exact) mass is 261 g/mol. The zero-order valence-corrected chi connectivity index (χ0v) is 11.4. The Balaban J connectivity index is 1.77. The molecule has 4 heteroatoms. The molecule has 1 aromatic heterocycles. The Morgan fingerprint density at radius 3 is 2.61 bits per heavy atom. The quantitative estimate of drug-likeness (QED) is 0.840. The van der Waals surface area contributed by atoms with Crippen LogP contribution >= 0.6 is 11.3 Å². The van der Waals surface area contributed by atoms with Crippen LogP contribution in [0.2, 0.25) is 0 Å². The lowest BCUT2D eigenvalue weighted by Gasteiger charge is -2.10. The highest BCUT2D eigenvalue weighted by atomic mass is 32.1. The summed E-state index contributed by atoms with van der Waals surface area (Å²) in [6, 6.07) is 8.43. The van der Waals surface area contributed by atoms with E-state index < -0.39 is 0 Å². The van der Waals surface area contributed by atoms with Crippen LogP contribution in [0.3, 0.4) is 0 Å². The minimum absolute atomic E-state index is 0.466. The molecule has 3 N–H and O–H groups in total. The van der Waals surface area contributed by atoms with Crippen molar-refractivity contribution in [3.05, 3.63) is 52.0 Å². The van der Waals surface area contributed by atoms with Gasteiger partial charge < -0.3 is 11.1 Å². The molecule has 0 saturated heterocycles. The van der Waals surface area contributed by atoms with Gasteiger partial charge in [0.1, 0.15) is 0 Å². The topological polar surface area (TPSA) is 50.9 Å². The molecule has 0 saturated carbocycles. The third-order valence-electron chi connectivity index (χ3n) is 2.91. The van der Waals surface area contributed by atoms with Crippen molar-refractivity contribution in [2.75, 3.05) is 6.54 Å². The van der Waals surface area contributed by atoms with Gasteiger partial charge in [-0.3, -0.25) is 0 Å². The fourth-order valence-electron chi connectivity index (χ4n) is 1.79. The van der Waals surface area contributed by atoms with Crippen molar-refractivity contribution in [3.63, 3.8) is 0 Å². The molecule has 0 fully saturated rings. The molecule has 96 valence electrons. The zero-order valence-electron chi connectivity index (χ0n) is 10.6. The van der Waals surface area contributed by atoms with E-state index >= 15 is 0 Å². The van der Waals surface area contributed by atoms with Gasteiger partial charge in [0.05, 0.1) is 5.01 Å². The molecule has 0 bridgehead atoms. The molecule has 0 aliphatic rings. The Hall–Kier alpha value is -1.23. The number of rotatable bonds is 6. The van der Waals surface area contributed by atoms with Crippen LogP contribution < -0.4 is 11.1 Å². The van der Waals surface area contributed by atoms with Crippen molar-refractivity contribution in [3.8, 4) is 0 Å². The molecule has 1 aromatic carbocycles. The van der Waals surface area contributed by atoms with Gasteiger partial charge in [0.15, 0.2) is 0 Å². The lowest BCUT2D eigenvalue weighted by atomic mass is 10.1. The molecule has 1 atom stereocenters. The van der Waals surface area contributed by atoms with Crippen LogP contribution in [0.15, 0.2) is 35.8 Å². The number of nitrogens with two attached hydrogens (primary N) is 1. The summed E-state index contributed by atoms with van der Waals surface area (Å²) in [5.74, 6) is 0.466. The lowest BCUT2D eigenvalue weighted by molar-refractivity contribution is 0.613. The standard InChI is InChI=1S/C14H19N3S/c1-11(14-17-6-7-18-14)9-16-10-13-4-2-12(8-15)3-5-13/h2-7,11,16H,8-10,15H2,1H3. The first-order chi connectivity index (χ1) is 8.79. The second kappa shape index (κ2) is 6.64. The summed E-state index contributed by atoms with van der Waals surface area (Å²) >= 11 is 1.72. The predicted octanol–water partition coefficient (Wildman–Crippen LogP) is 2.50. The summed E-state index contributed by atoms with van der Waals surface area (Å²) in [5.41, 5.74) is 8.04.